The van der Waals surface area contributed by atoms with Crippen molar-refractivity contribution in [1.82, 2.24) is 4.90 Å². The highest BCUT2D eigenvalue weighted by Gasteiger charge is 2.18. The molecule has 0 bridgehead atoms. The highest BCUT2D eigenvalue weighted by molar-refractivity contribution is 6.30. The Morgan fingerprint density at radius 3 is 3.00 bits per heavy atom. The predicted octanol–water partition coefficient (Wildman–Crippen LogP) is 2.09. The highest BCUT2D eigenvalue weighted by atomic mass is 35.5. The van der Waals surface area contributed by atoms with E-state index >= 15 is 0 Å². The Labute approximate surface area is 107 Å². The molecule has 0 atom stereocenters. The Morgan fingerprint density at radius 2 is 2.29 bits per heavy atom. The molecule has 1 N–H and O–H groups in total. The lowest BCUT2D eigenvalue weighted by molar-refractivity contribution is 0.195. The maximum atomic E-state index is 8.99. The summed E-state index contributed by atoms with van der Waals surface area (Å²) >= 11 is 6.11. The van der Waals surface area contributed by atoms with Gasteiger partial charge in [-0.1, -0.05) is 18.5 Å². The minimum atomic E-state index is 0.178. The Hall–Kier alpha value is -0.770. The maximum absolute atomic E-state index is 8.99. The van der Waals surface area contributed by atoms with E-state index in [1.165, 1.54) is 5.56 Å². The first kappa shape index (κ1) is 12.7. The van der Waals surface area contributed by atoms with Crippen LogP contribution in [0, 0.1) is 0 Å². The molecule has 2 rings (SSSR count). The fraction of sp³-hybridized carbons (Fsp3) is 0.538. The van der Waals surface area contributed by atoms with Crippen LogP contribution in [-0.2, 0) is 13.0 Å². The van der Waals surface area contributed by atoms with E-state index < -0.39 is 0 Å². The zero-order valence-electron chi connectivity index (χ0n) is 10.1. The second-order valence-electron chi connectivity index (χ2n) is 4.24. The monoisotopic (exact) mass is 255 g/mol. The third kappa shape index (κ3) is 2.92. The van der Waals surface area contributed by atoms with Crippen LogP contribution in [0.1, 0.15) is 18.1 Å². The number of rotatable bonds is 5. The molecule has 94 valence electrons. The molecule has 1 aromatic carbocycles. The molecule has 0 amide bonds. The van der Waals surface area contributed by atoms with E-state index in [1.54, 1.807) is 0 Å². The van der Waals surface area contributed by atoms with E-state index in [1.807, 2.05) is 12.1 Å². The van der Waals surface area contributed by atoms with Crippen LogP contribution in [0.15, 0.2) is 12.1 Å². The van der Waals surface area contributed by atoms with Crippen LogP contribution < -0.4 is 4.74 Å². The van der Waals surface area contributed by atoms with E-state index in [0.29, 0.717) is 6.54 Å². The van der Waals surface area contributed by atoms with Crippen LogP contribution in [0.2, 0.25) is 5.02 Å². The summed E-state index contributed by atoms with van der Waals surface area (Å²) in [5.41, 5.74) is 2.33. The number of benzene rings is 1. The van der Waals surface area contributed by atoms with Gasteiger partial charge >= 0.3 is 0 Å². The largest absolute Gasteiger partial charge is 0.493 e. The number of nitrogens with zero attached hydrogens (tertiary/aromatic N) is 1. The van der Waals surface area contributed by atoms with Crippen molar-refractivity contribution >= 4 is 11.6 Å². The average Bonchev–Trinajstić information content (AvgIpc) is 2.76. The zero-order chi connectivity index (χ0) is 12.3. The molecule has 0 aliphatic carbocycles. The molecule has 0 radical (unpaired) electrons. The molecule has 0 saturated carbocycles. The van der Waals surface area contributed by atoms with Gasteiger partial charge in [0, 0.05) is 30.1 Å². The number of halogens is 1. The number of aliphatic hydroxyl groups excluding tert-OH is 1. The lowest BCUT2D eigenvalue weighted by Gasteiger charge is -2.20. The van der Waals surface area contributed by atoms with Crippen LogP contribution in [0.4, 0.5) is 0 Å². The van der Waals surface area contributed by atoms with E-state index in [9.17, 15) is 0 Å². The Kier molecular flexibility index (Phi) is 4.26. The van der Waals surface area contributed by atoms with Crippen molar-refractivity contribution in [1.29, 1.82) is 0 Å². The normalized spacial score (nSPS) is 13.9. The molecule has 0 saturated heterocycles. The SMILES string of the molecule is CCN(CCO)Cc1cc(Cl)cc2c1OCC2. The van der Waals surface area contributed by atoms with Gasteiger partial charge in [-0.25, -0.2) is 0 Å². The second-order valence-corrected chi connectivity index (χ2v) is 4.68. The molecule has 0 unspecified atom stereocenters. The molecule has 0 aromatic heterocycles. The Morgan fingerprint density at radius 1 is 1.47 bits per heavy atom. The number of hydrogen-bond acceptors (Lipinski definition) is 3. The van der Waals surface area contributed by atoms with Gasteiger partial charge in [-0.15, -0.1) is 0 Å². The zero-order valence-corrected chi connectivity index (χ0v) is 10.8. The highest BCUT2D eigenvalue weighted by Crippen LogP contribution is 2.33. The van der Waals surface area contributed by atoms with Gasteiger partial charge in [0.15, 0.2) is 0 Å². The number of likely N-dealkylation sites (N-methyl/N-ethyl adjacent to an activating group) is 1. The van der Waals surface area contributed by atoms with Gasteiger partial charge in [0.25, 0.3) is 0 Å². The third-order valence-corrected chi connectivity index (χ3v) is 3.30. The van der Waals surface area contributed by atoms with Gasteiger partial charge in [0.2, 0.25) is 0 Å². The van der Waals surface area contributed by atoms with Crippen molar-refractivity contribution in [2.24, 2.45) is 0 Å². The van der Waals surface area contributed by atoms with E-state index in [4.69, 9.17) is 21.4 Å². The van der Waals surface area contributed by atoms with Gasteiger partial charge in [0.05, 0.1) is 13.2 Å². The quantitative estimate of drug-likeness (QED) is 0.875. The standard InChI is InChI=1S/C13H18ClNO2/c1-2-15(4-5-16)9-11-8-12(14)7-10-3-6-17-13(10)11/h7-8,16H,2-6,9H2,1H3. The number of fused-ring (bicyclic) bond motifs is 1. The molecule has 17 heavy (non-hydrogen) atoms. The molecule has 3 nitrogen and oxygen atoms in total. The molecule has 1 aliphatic rings. The summed E-state index contributed by atoms with van der Waals surface area (Å²) in [5, 5.41) is 9.76. The van der Waals surface area contributed by atoms with Gasteiger partial charge < -0.3 is 9.84 Å². The molecular formula is C13H18ClNO2. The van der Waals surface area contributed by atoms with E-state index in [0.717, 1.165) is 42.5 Å². The fourth-order valence-electron chi connectivity index (χ4n) is 2.19. The van der Waals surface area contributed by atoms with Crippen LogP contribution in [-0.4, -0.2) is 36.3 Å². The molecular weight excluding hydrogens is 238 g/mol. The minimum Gasteiger partial charge on any atom is -0.493 e. The first-order valence-electron chi connectivity index (χ1n) is 6.02. The second kappa shape index (κ2) is 5.71. The predicted molar refractivity (Wildman–Crippen MR) is 68.7 cm³/mol. The summed E-state index contributed by atoms with van der Waals surface area (Å²) in [6, 6.07) is 3.95. The smallest absolute Gasteiger partial charge is 0.127 e. The summed E-state index contributed by atoms with van der Waals surface area (Å²) < 4.78 is 5.66. The molecule has 1 aliphatic heterocycles. The summed E-state index contributed by atoms with van der Waals surface area (Å²) in [5.74, 6) is 0.991. The van der Waals surface area contributed by atoms with E-state index in [2.05, 4.69) is 11.8 Å². The average molecular weight is 256 g/mol. The van der Waals surface area contributed by atoms with Crippen molar-refractivity contribution in [3.05, 3.63) is 28.3 Å². The van der Waals surface area contributed by atoms with Crippen molar-refractivity contribution in [2.45, 2.75) is 19.9 Å². The lowest BCUT2D eigenvalue weighted by atomic mass is 10.1. The van der Waals surface area contributed by atoms with E-state index in [-0.39, 0.29) is 6.61 Å². The first-order valence-corrected chi connectivity index (χ1v) is 6.39. The van der Waals surface area contributed by atoms with Gasteiger partial charge in [-0.05, 0) is 24.2 Å². The summed E-state index contributed by atoms with van der Waals surface area (Å²) in [4.78, 5) is 2.17. The topological polar surface area (TPSA) is 32.7 Å². The van der Waals surface area contributed by atoms with Crippen LogP contribution >= 0.6 is 11.6 Å². The van der Waals surface area contributed by atoms with Gasteiger partial charge in [-0.3, -0.25) is 4.90 Å². The van der Waals surface area contributed by atoms with Gasteiger partial charge in [-0.2, -0.15) is 0 Å². The van der Waals surface area contributed by atoms with Crippen molar-refractivity contribution in [3.63, 3.8) is 0 Å². The van der Waals surface area contributed by atoms with Crippen molar-refractivity contribution < 1.29 is 9.84 Å². The van der Waals surface area contributed by atoms with Crippen LogP contribution in [0.3, 0.4) is 0 Å². The number of hydrogen-bond donors (Lipinski definition) is 1. The van der Waals surface area contributed by atoms with Gasteiger partial charge in [0.1, 0.15) is 5.75 Å². The number of ether oxygens (including phenoxy) is 1. The molecule has 0 spiro atoms. The van der Waals surface area contributed by atoms with Crippen molar-refractivity contribution in [2.75, 3.05) is 26.3 Å². The summed E-state index contributed by atoms with van der Waals surface area (Å²) in [6.45, 7) is 5.37. The number of aliphatic hydroxyl groups is 1. The summed E-state index contributed by atoms with van der Waals surface area (Å²) in [7, 11) is 0. The van der Waals surface area contributed by atoms with Crippen LogP contribution in [0.5, 0.6) is 5.75 Å². The third-order valence-electron chi connectivity index (χ3n) is 3.08. The van der Waals surface area contributed by atoms with Crippen molar-refractivity contribution in [3.8, 4) is 5.75 Å². The maximum Gasteiger partial charge on any atom is 0.127 e. The first-order chi connectivity index (χ1) is 8.24. The van der Waals surface area contributed by atoms with Crippen LogP contribution in [0.25, 0.3) is 0 Å². The lowest BCUT2D eigenvalue weighted by Crippen LogP contribution is -2.26. The molecule has 1 aromatic rings. The Balaban J connectivity index is 2.20. The minimum absolute atomic E-state index is 0.178. The Bertz CT molecular complexity index is 395. The molecule has 1 heterocycles. The molecule has 0 fully saturated rings. The fourth-order valence-corrected chi connectivity index (χ4v) is 2.46. The molecule has 4 heteroatoms. The summed E-state index contributed by atoms with van der Waals surface area (Å²) in [6.07, 6.45) is 0.940.